The summed E-state index contributed by atoms with van der Waals surface area (Å²) < 4.78 is 24.8. The minimum Gasteiger partial charge on any atom is -0.377 e. The van der Waals surface area contributed by atoms with E-state index in [2.05, 4.69) is 32.9 Å². The molecule has 2 saturated heterocycles. The minimum atomic E-state index is -0.959. The number of fused-ring (bicyclic) bond motifs is 1. The van der Waals surface area contributed by atoms with E-state index in [0.29, 0.717) is 24.8 Å². The van der Waals surface area contributed by atoms with Crippen LogP contribution >= 0.6 is 11.6 Å². The number of rotatable bonds is 4. The molecule has 6 nitrogen and oxygen atoms in total. The van der Waals surface area contributed by atoms with Crippen molar-refractivity contribution in [2.75, 3.05) is 26.3 Å². The largest absolute Gasteiger partial charge is 0.377 e. The number of ether oxygens (including phenoxy) is 1. The molecule has 0 amide bonds. The van der Waals surface area contributed by atoms with Crippen molar-refractivity contribution in [1.82, 2.24) is 24.5 Å². The average Bonchev–Trinajstić information content (AvgIpc) is 3.30. The lowest BCUT2D eigenvalue weighted by Gasteiger charge is -2.61. The molecule has 4 heterocycles. The fraction of sp³-hybridized carbons (Fsp3) is 0.583. The highest BCUT2D eigenvalue weighted by molar-refractivity contribution is 6.32. The molecule has 8 rings (SSSR count). The molecule has 3 aromatic rings. The lowest BCUT2D eigenvalue weighted by molar-refractivity contribution is -0.143. The van der Waals surface area contributed by atoms with Crippen LogP contribution in [0.15, 0.2) is 30.7 Å². The van der Waals surface area contributed by atoms with Crippen LogP contribution in [0.1, 0.15) is 44.1 Å². The Bertz CT molecular complexity index is 1200. The topological polar surface area (TPSA) is 48.1 Å². The van der Waals surface area contributed by atoms with E-state index in [1.165, 1.54) is 19.3 Å². The average molecular weight is 456 g/mol. The van der Waals surface area contributed by atoms with Gasteiger partial charge < -0.3 is 4.74 Å². The quantitative estimate of drug-likeness (QED) is 0.588. The zero-order valence-electron chi connectivity index (χ0n) is 18.2. The number of likely N-dealkylation sites (tertiary alicyclic amines) is 1. The Morgan fingerprint density at radius 2 is 1.97 bits per heavy atom. The van der Waals surface area contributed by atoms with Gasteiger partial charge in [-0.15, -0.1) is 0 Å². The monoisotopic (exact) mass is 455 g/mol. The van der Waals surface area contributed by atoms with E-state index in [1.807, 2.05) is 29.2 Å². The molecular formula is C24H27ClFN5O. The van der Waals surface area contributed by atoms with Gasteiger partial charge in [0, 0.05) is 22.9 Å². The van der Waals surface area contributed by atoms with Gasteiger partial charge in [0.2, 0.25) is 0 Å². The molecule has 3 saturated carbocycles. The van der Waals surface area contributed by atoms with Crippen molar-refractivity contribution < 1.29 is 9.13 Å². The fourth-order valence-corrected chi connectivity index (χ4v) is 6.59. The molecule has 2 bridgehead atoms. The van der Waals surface area contributed by atoms with Gasteiger partial charge in [-0.05, 0) is 62.8 Å². The smallest absolute Gasteiger partial charge is 0.120 e. The van der Waals surface area contributed by atoms with Crippen LogP contribution in [0.3, 0.4) is 0 Å². The predicted molar refractivity (Wildman–Crippen MR) is 120 cm³/mol. The van der Waals surface area contributed by atoms with Gasteiger partial charge >= 0.3 is 0 Å². The van der Waals surface area contributed by atoms with Crippen molar-refractivity contribution in [3.8, 4) is 5.69 Å². The number of benzene rings is 1. The van der Waals surface area contributed by atoms with E-state index in [4.69, 9.17) is 16.3 Å². The maximum atomic E-state index is 15.4. The molecular weight excluding hydrogens is 429 g/mol. The molecule has 5 aliphatic rings. The second-order valence-electron chi connectivity index (χ2n) is 10.7. The number of hydrogen-bond acceptors (Lipinski definition) is 4. The Morgan fingerprint density at radius 3 is 2.62 bits per heavy atom. The summed E-state index contributed by atoms with van der Waals surface area (Å²) in [6, 6.07) is 3.98. The molecule has 32 heavy (non-hydrogen) atoms. The number of hydrogen-bond donors (Lipinski definition) is 0. The van der Waals surface area contributed by atoms with E-state index >= 15 is 4.39 Å². The second-order valence-corrected chi connectivity index (χ2v) is 11.1. The summed E-state index contributed by atoms with van der Waals surface area (Å²) in [4.78, 5) is 2.24. The van der Waals surface area contributed by atoms with E-state index in [0.717, 1.165) is 41.0 Å². The van der Waals surface area contributed by atoms with E-state index in [-0.39, 0.29) is 17.0 Å². The number of nitrogens with zero attached hydrogens (tertiary/aromatic N) is 5. The number of alkyl halides is 1. The SMILES string of the molecule is CC1(N2CC[C@@H](c3cc4c(cnn4-c4cnn(C56CC(C5)C6)c4)cc3Cl)[C@H](F)C2)COC1. The molecule has 2 aromatic heterocycles. The molecule has 8 heteroatoms. The van der Waals surface area contributed by atoms with Crippen molar-refractivity contribution in [2.24, 2.45) is 5.92 Å². The summed E-state index contributed by atoms with van der Waals surface area (Å²) in [7, 11) is 0. The van der Waals surface area contributed by atoms with Crippen LogP contribution in [0.2, 0.25) is 5.02 Å². The molecule has 0 spiro atoms. The van der Waals surface area contributed by atoms with Crippen molar-refractivity contribution in [2.45, 2.75) is 55.8 Å². The molecule has 5 fully saturated rings. The van der Waals surface area contributed by atoms with Crippen LogP contribution in [0, 0.1) is 5.92 Å². The molecule has 2 atom stereocenters. The lowest BCUT2D eigenvalue weighted by atomic mass is 9.50. The van der Waals surface area contributed by atoms with Gasteiger partial charge in [-0.2, -0.15) is 10.2 Å². The normalized spacial score (nSPS) is 33.5. The maximum Gasteiger partial charge on any atom is 0.120 e. The van der Waals surface area contributed by atoms with Gasteiger partial charge in [0.25, 0.3) is 0 Å². The van der Waals surface area contributed by atoms with E-state index < -0.39 is 6.17 Å². The van der Waals surface area contributed by atoms with Crippen LogP contribution < -0.4 is 0 Å². The number of aromatic nitrogens is 4. The summed E-state index contributed by atoms with van der Waals surface area (Å²) in [5.41, 5.74) is 3.01. The maximum absolute atomic E-state index is 15.4. The van der Waals surface area contributed by atoms with Gasteiger partial charge in [-0.25, -0.2) is 9.07 Å². The Kier molecular flexibility index (Phi) is 3.99. The summed E-state index contributed by atoms with van der Waals surface area (Å²) in [5, 5.41) is 10.9. The zero-order chi connectivity index (χ0) is 21.7. The van der Waals surface area contributed by atoms with Crippen molar-refractivity contribution in [3.63, 3.8) is 0 Å². The third kappa shape index (κ3) is 2.65. The van der Waals surface area contributed by atoms with Gasteiger partial charge in [-0.1, -0.05) is 11.6 Å². The highest BCUT2D eigenvalue weighted by Gasteiger charge is 2.58. The Labute approximate surface area is 191 Å². The third-order valence-corrected chi connectivity index (χ3v) is 8.85. The van der Waals surface area contributed by atoms with Crippen molar-refractivity contribution in [3.05, 3.63) is 41.3 Å². The molecule has 168 valence electrons. The molecule has 0 N–H and O–H groups in total. The Hall–Kier alpha value is -1.96. The highest BCUT2D eigenvalue weighted by Crippen LogP contribution is 2.62. The van der Waals surface area contributed by atoms with Crippen LogP contribution in [-0.2, 0) is 10.3 Å². The van der Waals surface area contributed by atoms with Crippen LogP contribution in [-0.4, -0.2) is 62.5 Å². The summed E-state index contributed by atoms with van der Waals surface area (Å²) in [6.45, 7) is 4.81. The molecule has 0 unspecified atom stereocenters. The van der Waals surface area contributed by atoms with Crippen LogP contribution in [0.5, 0.6) is 0 Å². The zero-order valence-corrected chi connectivity index (χ0v) is 18.9. The Balaban J connectivity index is 1.20. The van der Waals surface area contributed by atoms with Crippen LogP contribution in [0.25, 0.3) is 16.6 Å². The first-order valence-corrected chi connectivity index (χ1v) is 12.0. The summed E-state index contributed by atoms with van der Waals surface area (Å²) in [6.07, 6.45) is 9.35. The van der Waals surface area contributed by atoms with E-state index in [9.17, 15) is 0 Å². The standard InChI is InChI=1S/C24H27ClFN5O/c1-23(13-32-14-23)29-3-2-18(21(26)12-29)19-5-22-16(4-20(19)25)9-28-31(22)17-10-27-30(11-17)24-6-15(7-24)8-24/h4-5,9-11,15,18,21H,2-3,6-8,12-14H2,1H3/t15?,18-,21+,24?/m0/s1. The second kappa shape index (κ2) is 6.55. The fourth-order valence-electron chi connectivity index (χ4n) is 6.27. The van der Waals surface area contributed by atoms with Crippen molar-refractivity contribution >= 4 is 22.5 Å². The molecule has 2 aliphatic heterocycles. The summed E-state index contributed by atoms with van der Waals surface area (Å²) >= 11 is 6.66. The van der Waals surface area contributed by atoms with Gasteiger partial charge in [0.1, 0.15) is 11.9 Å². The number of piperidine rings is 1. The first kappa shape index (κ1) is 19.5. The molecule has 1 aromatic carbocycles. The van der Waals surface area contributed by atoms with E-state index in [1.54, 1.807) is 0 Å². The first-order valence-electron chi connectivity index (χ1n) is 11.6. The van der Waals surface area contributed by atoms with Crippen molar-refractivity contribution in [1.29, 1.82) is 0 Å². The highest BCUT2D eigenvalue weighted by atomic mass is 35.5. The molecule has 3 aliphatic carbocycles. The Morgan fingerprint density at radius 1 is 1.16 bits per heavy atom. The minimum absolute atomic E-state index is 0.0256. The van der Waals surface area contributed by atoms with Gasteiger partial charge in [0.05, 0.1) is 48.4 Å². The number of halogens is 2. The predicted octanol–water partition coefficient (Wildman–Crippen LogP) is 4.30. The first-order chi connectivity index (χ1) is 15.4. The molecule has 0 radical (unpaired) electrons. The summed E-state index contributed by atoms with van der Waals surface area (Å²) in [5.74, 6) is 0.692. The van der Waals surface area contributed by atoms with Gasteiger partial charge in [0.15, 0.2) is 0 Å². The van der Waals surface area contributed by atoms with Crippen LogP contribution in [0.4, 0.5) is 4.39 Å². The van der Waals surface area contributed by atoms with Gasteiger partial charge in [-0.3, -0.25) is 9.58 Å². The third-order valence-electron chi connectivity index (χ3n) is 8.52. The lowest BCUT2D eigenvalue weighted by Crippen LogP contribution is -2.63.